The van der Waals surface area contributed by atoms with Crippen LogP contribution in [-0.4, -0.2) is 36.0 Å². The first kappa shape index (κ1) is 15.0. The SMILES string of the molecule is COC(=O)CC1NC(=O)N(Cc2ccc(C)c(C)c2)C1=O. The average molecular weight is 290 g/mol. The van der Waals surface area contributed by atoms with Gasteiger partial charge in [0.25, 0.3) is 5.91 Å². The average Bonchev–Trinajstić information content (AvgIpc) is 2.70. The van der Waals surface area contributed by atoms with Crippen molar-refractivity contribution >= 4 is 17.9 Å². The van der Waals surface area contributed by atoms with Crippen LogP contribution in [0, 0.1) is 13.8 Å². The first-order valence-corrected chi connectivity index (χ1v) is 6.67. The van der Waals surface area contributed by atoms with E-state index in [0.717, 1.165) is 21.6 Å². The molecule has 6 heteroatoms. The van der Waals surface area contributed by atoms with Gasteiger partial charge in [0.2, 0.25) is 0 Å². The number of carbonyl (C=O) groups is 3. The predicted molar refractivity (Wildman–Crippen MR) is 75.4 cm³/mol. The van der Waals surface area contributed by atoms with Crippen molar-refractivity contribution in [3.8, 4) is 0 Å². The van der Waals surface area contributed by atoms with Gasteiger partial charge in [0.15, 0.2) is 0 Å². The zero-order valence-electron chi connectivity index (χ0n) is 12.3. The number of hydrogen-bond donors (Lipinski definition) is 1. The minimum atomic E-state index is -0.837. The topological polar surface area (TPSA) is 75.7 Å². The predicted octanol–water partition coefficient (Wildman–Crippen LogP) is 1.29. The van der Waals surface area contributed by atoms with Gasteiger partial charge in [-0.2, -0.15) is 0 Å². The van der Waals surface area contributed by atoms with Gasteiger partial charge in [0.1, 0.15) is 6.04 Å². The van der Waals surface area contributed by atoms with E-state index in [-0.39, 0.29) is 13.0 Å². The second-order valence-electron chi connectivity index (χ2n) is 5.13. The molecule has 1 N–H and O–H groups in total. The Morgan fingerprint density at radius 1 is 1.29 bits per heavy atom. The van der Waals surface area contributed by atoms with Gasteiger partial charge in [-0.1, -0.05) is 18.2 Å². The Balaban J connectivity index is 2.09. The van der Waals surface area contributed by atoms with Crippen molar-refractivity contribution in [1.29, 1.82) is 0 Å². The van der Waals surface area contributed by atoms with Gasteiger partial charge in [-0.3, -0.25) is 14.5 Å². The molecule has 112 valence electrons. The lowest BCUT2D eigenvalue weighted by molar-refractivity contribution is -0.143. The van der Waals surface area contributed by atoms with Crippen molar-refractivity contribution in [1.82, 2.24) is 10.2 Å². The van der Waals surface area contributed by atoms with Crippen molar-refractivity contribution in [2.24, 2.45) is 0 Å². The molecule has 1 aliphatic heterocycles. The van der Waals surface area contributed by atoms with Crippen LogP contribution in [0.3, 0.4) is 0 Å². The minimum Gasteiger partial charge on any atom is -0.469 e. The Hall–Kier alpha value is -2.37. The lowest BCUT2D eigenvalue weighted by Crippen LogP contribution is -2.32. The molecule has 1 aromatic rings. The summed E-state index contributed by atoms with van der Waals surface area (Å²) < 4.78 is 4.52. The lowest BCUT2D eigenvalue weighted by atomic mass is 10.1. The molecule has 21 heavy (non-hydrogen) atoms. The number of methoxy groups -OCH3 is 1. The maximum Gasteiger partial charge on any atom is 0.325 e. The van der Waals surface area contributed by atoms with E-state index >= 15 is 0 Å². The molecular formula is C15H18N2O4. The van der Waals surface area contributed by atoms with Crippen LogP contribution in [-0.2, 0) is 20.9 Å². The fraction of sp³-hybridized carbons (Fsp3) is 0.400. The number of nitrogens with zero attached hydrogens (tertiary/aromatic N) is 1. The second-order valence-corrected chi connectivity index (χ2v) is 5.13. The molecule has 0 bridgehead atoms. The summed E-state index contributed by atoms with van der Waals surface area (Å²) >= 11 is 0. The molecule has 0 aromatic heterocycles. The van der Waals surface area contributed by atoms with E-state index in [1.807, 2.05) is 32.0 Å². The van der Waals surface area contributed by atoms with E-state index in [9.17, 15) is 14.4 Å². The molecule has 3 amide bonds. The molecule has 2 rings (SSSR count). The first-order valence-electron chi connectivity index (χ1n) is 6.67. The van der Waals surface area contributed by atoms with Crippen molar-refractivity contribution in [2.45, 2.75) is 32.9 Å². The standard InChI is InChI=1S/C15H18N2O4/c1-9-4-5-11(6-10(9)2)8-17-14(19)12(16-15(17)20)7-13(18)21-3/h4-6,12H,7-8H2,1-3H3,(H,16,20). The summed E-state index contributed by atoms with van der Waals surface area (Å²) in [7, 11) is 1.25. The van der Waals surface area contributed by atoms with Crippen LogP contribution in [0.4, 0.5) is 4.79 Å². The lowest BCUT2D eigenvalue weighted by Gasteiger charge is -2.14. The third-order valence-corrected chi connectivity index (χ3v) is 3.62. The molecule has 6 nitrogen and oxygen atoms in total. The third kappa shape index (κ3) is 3.21. The third-order valence-electron chi connectivity index (χ3n) is 3.62. The number of amides is 3. The van der Waals surface area contributed by atoms with E-state index in [0.29, 0.717) is 0 Å². The van der Waals surface area contributed by atoms with Gasteiger partial charge in [-0.15, -0.1) is 0 Å². The highest BCUT2D eigenvalue weighted by Gasteiger charge is 2.39. The van der Waals surface area contributed by atoms with E-state index < -0.39 is 23.9 Å². The largest absolute Gasteiger partial charge is 0.469 e. The monoisotopic (exact) mass is 290 g/mol. The highest BCUT2D eigenvalue weighted by molar-refractivity contribution is 6.05. The number of ether oxygens (including phenoxy) is 1. The van der Waals surface area contributed by atoms with Crippen LogP contribution in [0.15, 0.2) is 18.2 Å². The van der Waals surface area contributed by atoms with Gasteiger partial charge in [0, 0.05) is 0 Å². The van der Waals surface area contributed by atoms with Gasteiger partial charge < -0.3 is 10.1 Å². The van der Waals surface area contributed by atoms with Crippen molar-refractivity contribution < 1.29 is 19.1 Å². The Morgan fingerprint density at radius 3 is 2.62 bits per heavy atom. The summed E-state index contributed by atoms with van der Waals surface area (Å²) in [5.41, 5.74) is 3.13. The van der Waals surface area contributed by atoms with Gasteiger partial charge in [-0.25, -0.2) is 4.79 Å². The zero-order chi connectivity index (χ0) is 15.6. The van der Waals surface area contributed by atoms with E-state index in [4.69, 9.17) is 0 Å². The molecule has 0 radical (unpaired) electrons. The smallest absolute Gasteiger partial charge is 0.325 e. The summed E-state index contributed by atoms with van der Waals surface area (Å²) in [4.78, 5) is 36.4. The first-order chi connectivity index (χ1) is 9.92. The number of hydrogen-bond acceptors (Lipinski definition) is 4. The fourth-order valence-electron chi connectivity index (χ4n) is 2.20. The number of nitrogens with one attached hydrogen (secondary N) is 1. The number of urea groups is 1. The summed E-state index contributed by atoms with van der Waals surface area (Å²) in [5.74, 6) is -0.926. The van der Waals surface area contributed by atoms with Crippen molar-refractivity contribution in [3.05, 3.63) is 34.9 Å². The van der Waals surface area contributed by atoms with Crippen molar-refractivity contribution in [3.63, 3.8) is 0 Å². The molecule has 1 saturated heterocycles. The van der Waals surface area contributed by atoms with E-state index in [2.05, 4.69) is 10.1 Å². The van der Waals surface area contributed by atoms with Crippen LogP contribution in [0.2, 0.25) is 0 Å². The summed E-state index contributed by atoms with van der Waals surface area (Å²) in [5, 5.41) is 2.50. The number of benzene rings is 1. The highest BCUT2D eigenvalue weighted by atomic mass is 16.5. The Labute approximate surface area is 123 Å². The molecule has 0 aliphatic carbocycles. The second kappa shape index (κ2) is 5.95. The van der Waals surface area contributed by atoms with Gasteiger partial charge in [-0.05, 0) is 30.5 Å². The maximum atomic E-state index is 12.2. The molecule has 1 fully saturated rings. The quantitative estimate of drug-likeness (QED) is 0.669. The van der Waals surface area contributed by atoms with Crippen LogP contribution in [0.25, 0.3) is 0 Å². The molecule has 1 aliphatic rings. The van der Waals surface area contributed by atoms with Crippen LogP contribution in [0.5, 0.6) is 0 Å². The molecule has 0 spiro atoms. The Bertz CT molecular complexity index is 597. The Morgan fingerprint density at radius 2 is 2.00 bits per heavy atom. The number of aryl methyl sites for hydroxylation is 2. The molecule has 1 heterocycles. The number of imide groups is 1. The molecule has 1 aromatic carbocycles. The van der Waals surface area contributed by atoms with Crippen molar-refractivity contribution in [2.75, 3.05) is 7.11 Å². The van der Waals surface area contributed by atoms with E-state index in [1.54, 1.807) is 0 Å². The van der Waals surface area contributed by atoms with Crippen LogP contribution >= 0.6 is 0 Å². The maximum absolute atomic E-state index is 12.2. The number of rotatable bonds is 4. The number of esters is 1. The molecule has 1 atom stereocenters. The highest BCUT2D eigenvalue weighted by Crippen LogP contribution is 2.16. The molecular weight excluding hydrogens is 272 g/mol. The molecule has 0 saturated carbocycles. The zero-order valence-corrected chi connectivity index (χ0v) is 12.3. The summed E-state index contributed by atoms with van der Waals surface area (Å²) in [6, 6.07) is 4.47. The Kier molecular flexibility index (Phi) is 4.26. The number of carbonyl (C=O) groups excluding carboxylic acids is 3. The van der Waals surface area contributed by atoms with Gasteiger partial charge >= 0.3 is 12.0 Å². The fourth-order valence-corrected chi connectivity index (χ4v) is 2.20. The van der Waals surface area contributed by atoms with Crippen LogP contribution in [0.1, 0.15) is 23.1 Å². The van der Waals surface area contributed by atoms with Gasteiger partial charge in [0.05, 0.1) is 20.1 Å². The normalized spacial score (nSPS) is 17.9. The minimum absolute atomic E-state index is 0.148. The summed E-state index contributed by atoms with van der Waals surface area (Å²) in [6.45, 7) is 4.17. The summed E-state index contributed by atoms with van der Waals surface area (Å²) in [6.07, 6.45) is -0.148. The van der Waals surface area contributed by atoms with E-state index in [1.165, 1.54) is 7.11 Å². The molecule has 1 unspecified atom stereocenters. The van der Waals surface area contributed by atoms with Crippen LogP contribution < -0.4 is 5.32 Å².